The van der Waals surface area contributed by atoms with Gasteiger partial charge in [0.2, 0.25) is 0 Å². The van der Waals surface area contributed by atoms with Crippen LogP contribution in [0.5, 0.6) is 0 Å². The van der Waals surface area contributed by atoms with E-state index in [0.717, 1.165) is 32.5 Å². The largest absolute Gasteiger partial charge is 0.464 e. The molecule has 0 atom stereocenters. The minimum absolute atomic E-state index is 0.253. The maximum Gasteiger partial charge on any atom is 0.354 e. The number of likely N-dealkylation sites (tertiary alicyclic amines) is 1. The van der Waals surface area contributed by atoms with Crippen molar-refractivity contribution in [2.75, 3.05) is 20.2 Å². The molecule has 1 saturated heterocycles. The number of carbonyl (C=O) groups excluding carboxylic acids is 1. The zero-order valence-corrected chi connectivity index (χ0v) is 12.9. The van der Waals surface area contributed by atoms with Crippen molar-refractivity contribution in [3.8, 4) is 0 Å². The summed E-state index contributed by atoms with van der Waals surface area (Å²) in [5.41, 5.74) is 2.01. The highest BCUT2D eigenvalue weighted by Gasteiger charge is 2.23. The van der Waals surface area contributed by atoms with Crippen LogP contribution in [0.4, 0.5) is 0 Å². The molecule has 0 radical (unpaired) electrons. The third-order valence-electron chi connectivity index (χ3n) is 4.37. The minimum atomic E-state index is -0.253. The Kier molecular flexibility index (Phi) is 4.59. The van der Waals surface area contributed by atoms with Gasteiger partial charge in [0.05, 0.1) is 7.11 Å². The summed E-state index contributed by atoms with van der Waals surface area (Å²) in [6.45, 7) is 3.11. The van der Waals surface area contributed by atoms with Crippen molar-refractivity contribution in [3.05, 3.63) is 59.9 Å². The minimum Gasteiger partial charge on any atom is -0.464 e. The quantitative estimate of drug-likeness (QED) is 0.813. The van der Waals surface area contributed by atoms with Crippen LogP contribution in [0.1, 0.15) is 34.9 Å². The SMILES string of the molecule is COC(=O)c1cccn1C1CCN(Cc2ccccc2)CC1. The molecule has 0 unspecified atom stereocenters. The van der Waals surface area contributed by atoms with Gasteiger partial charge in [0.1, 0.15) is 5.69 Å². The van der Waals surface area contributed by atoms with Crippen molar-refractivity contribution in [1.82, 2.24) is 9.47 Å². The van der Waals surface area contributed by atoms with Crippen LogP contribution in [0.25, 0.3) is 0 Å². The Balaban J connectivity index is 1.60. The third-order valence-corrected chi connectivity index (χ3v) is 4.37. The van der Waals surface area contributed by atoms with E-state index in [9.17, 15) is 4.79 Å². The van der Waals surface area contributed by atoms with Crippen molar-refractivity contribution in [1.29, 1.82) is 0 Å². The number of nitrogens with zero attached hydrogens (tertiary/aromatic N) is 2. The zero-order chi connectivity index (χ0) is 15.4. The second-order valence-electron chi connectivity index (χ2n) is 5.79. The van der Waals surface area contributed by atoms with Gasteiger partial charge in [-0.1, -0.05) is 30.3 Å². The van der Waals surface area contributed by atoms with Crippen molar-refractivity contribution < 1.29 is 9.53 Å². The van der Waals surface area contributed by atoms with Crippen LogP contribution in [-0.4, -0.2) is 35.6 Å². The molecule has 4 nitrogen and oxygen atoms in total. The number of ether oxygens (including phenoxy) is 1. The van der Waals surface area contributed by atoms with Crippen LogP contribution in [0, 0.1) is 0 Å². The molecule has 1 fully saturated rings. The molecule has 0 spiro atoms. The number of carbonyl (C=O) groups is 1. The standard InChI is InChI=1S/C18H22N2O2/c1-22-18(21)17-8-5-11-20(17)16-9-12-19(13-10-16)14-15-6-3-2-4-7-15/h2-8,11,16H,9-10,12-14H2,1H3. The Hall–Kier alpha value is -2.07. The van der Waals surface area contributed by atoms with E-state index in [-0.39, 0.29) is 5.97 Å². The summed E-state index contributed by atoms with van der Waals surface area (Å²) in [6, 6.07) is 14.7. The third kappa shape index (κ3) is 3.22. The molecule has 1 aromatic carbocycles. The number of esters is 1. The van der Waals surface area contributed by atoms with Crippen molar-refractivity contribution in [2.24, 2.45) is 0 Å². The summed E-state index contributed by atoms with van der Waals surface area (Å²) in [5.74, 6) is -0.253. The lowest BCUT2D eigenvalue weighted by Crippen LogP contribution is -2.34. The first-order valence-corrected chi connectivity index (χ1v) is 7.79. The smallest absolute Gasteiger partial charge is 0.354 e. The molecule has 1 aliphatic rings. The Morgan fingerprint density at radius 3 is 2.55 bits per heavy atom. The van der Waals surface area contributed by atoms with Crippen molar-refractivity contribution >= 4 is 5.97 Å². The number of methoxy groups -OCH3 is 1. The average Bonchev–Trinajstić information content (AvgIpc) is 3.05. The van der Waals surface area contributed by atoms with Gasteiger partial charge in [0.15, 0.2) is 0 Å². The predicted octanol–water partition coefficient (Wildman–Crippen LogP) is 3.11. The van der Waals surface area contributed by atoms with Gasteiger partial charge in [-0.25, -0.2) is 4.79 Å². The fourth-order valence-corrected chi connectivity index (χ4v) is 3.19. The molecule has 1 aromatic heterocycles. The lowest BCUT2D eigenvalue weighted by atomic mass is 10.0. The Bertz CT molecular complexity index is 613. The molecule has 116 valence electrons. The van der Waals surface area contributed by atoms with Gasteiger partial charge in [-0.05, 0) is 30.5 Å². The van der Waals surface area contributed by atoms with Gasteiger partial charge in [0.25, 0.3) is 0 Å². The zero-order valence-electron chi connectivity index (χ0n) is 12.9. The monoisotopic (exact) mass is 298 g/mol. The Morgan fingerprint density at radius 2 is 1.86 bits per heavy atom. The van der Waals surface area contributed by atoms with Crippen molar-refractivity contribution in [2.45, 2.75) is 25.4 Å². The topological polar surface area (TPSA) is 34.5 Å². The number of rotatable bonds is 4. The summed E-state index contributed by atoms with van der Waals surface area (Å²) >= 11 is 0. The average molecular weight is 298 g/mol. The number of hydrogen-bond donors (Lipinski definition) is 0. The van der Waals surface area contributed by atoms with Crippen molar-refractivity contribution in [3.63, 3.8) is 0 Å². The van der Waals surface area contributed by atoms with Crippen LogP contribution >= 0.6 is 0 Å². The summed E-state index contributed by atoms with van der Waals surface area (Å²) in [6.07, 6.45) is 4.11. The molecule has 2 heterocycles. The molecule has 0 saturated carbocycles. The first kappa shape index (κ1) is 14.9. The molecule has 0 amide bonds. The van der Waals surface area contributed by atoms with Gasteiger partial charge < -0.3 is 9.30 Å². The van der Waals surface area contributed by atoms with E-state index < -0.39 is 0 Å². The molecule has 0 aliphatic carbocycles. The molecular weight excluding hydrogens is 276 g/mol. The van der Waals surface area contributed by atoms with Gasteiger partial charge >= 0.3 is 5.97 Å². The van der Waals surface area contributed by atoms with E-state index in [1.54, 1.807) is 0 Å². The summed E-state index contributed by atoms with van der Waals surface area (Å²) in [5, 5.41) is 0. The lowest BCUT2D eigenvalue weighted by molar-refractivity contribution is 0.0581. The second kappa shape index (κ2) is 6.79. The van der Waals surface area contributed by atoms with E-state index in [1.807, 2.05) is 18.3 Å². The second-order valence-corrected chi connectivity index (χ2v) is 5.79. The highest BCUT2D eigenvalue weighted by atomic mass is 16.5. The Morgan fingerprint density at radius 1 is 1.14 bits per heavy atom. The summed E-state index contributed by atoms with van der Waals surface area (Å²) in [4.78, 5) is 14.3. The molecule has 2 aromatic rings. The van der Waals surface area contributed by atoms with Crippen LogP contribution in [0.3, 0.4) is 0 Å². The number of benzene rings is 1. The number of hydrogen-bond acceptors (Lipinski definition) is 3. The molecule has 3 rings (SSSR count). The molecule has 0 N–H and O–H groups in total. The Labute approximate surface area is 131 Å². The molecule has 22 heavy (non-hydrogen) atoms. The fourth-order valence-electron chi connectivity index (χ4n) is 3.19. The van der Waals surface area contributed by atoms with Gasteiger partial charge in [-0.15, -0.1) is 0 Å². The molecule has 4 heteroatoms. The van der Waals surface area contributed by atoms with Gasteiger partial charge in [-0.3, -0.25) is 4.90 Å². The molecular formula is C18H22N2O2. The van der Waals surface area contributed by atoms with Crippen LogP contribution in [0.2, 0.25) is 0 Å². The molecule has 1 aliphatic heterocycles. The first-order valence-electron chi connectivity index (χ1n) is 7.79. The van der Waals surface area contributed by atoms with E-state index >= 15 is 0 Å². The van der Waals surface area contributed by atoms with Gasteiger partial charge in [0, 0.05) is 31.9 Å². The normalized spacial score (nSPS) is 16.6. The van der Waals surface area contributed by atoms with Crippen LogP contribution < -0.4 is 0 Å². The lowest BCUT2D eigenvalue weighted by Gasteiger charge is -2.33. The maximum atomic E-state index is 11.8. The molecule has 0 bridgehead atoms. The summed E-state index contributed by atoms with van der Waals surface area (Å²) < 4.78 is 6.93. The van der Waals surface area contributed by atoms with E-state index in [0.29, 0.717) is 11.7 Å². The summed E-state index contributed by atoms with van der Waals surface area (Å²) in [7, 11) is 1.43. The van der Waals surface area contributed by atoms with E-state index in [2.05, 4.69) is 39.8 Å². The fraction of sp³-hybridized carbons (Fsp3) is 0.389. The number of aromatic nitrogens is 1. The van der Waals surface area contributed by atoms with E-state index in [1.165, 1.54) is 12.7 Å². The number of piperidine rings is 1. The predicted molar refractivity (Wildman–Crippen MR) is 85.8 cm³/mol. The van der Waals surface area contributed by atoms with Crippen LogP contribution in [-0.2, 0) is 11.3 Å². The first-order chi connectivity index (χ1) is 10.8. The highest BCUT2D eigenvalue weighted by molar-refractivity contribution is 5.87. The highest BCUT2D eigenvalue weighted by Crippen LogP contribution is 2.25. The maximum absolute atomic E-state index is 11.8. The van der Waals surface area contributed by atoms with Gasteiger partial charge in [-0.2, -0.15) is 0 Å². The van der Waals surface area contributed by atoms with Crippen LogP contribution in [0.15, 0.2) is 48.7 Å². The van der Waals surface area contributed by atoms with E-state index in [4.69, 9.17) is 4.74 Å².